The van der Waals surface area contributed by atoms with Crippen molar-refractivity contribution in [3.05, 3.63) is 63.6 Å². The fourth-order valence-corrected chi connectivity index (χ4v) is 2.69. The number of halogens is 2. The molecule has 0 aliphatic carbocycles. The Bertz CT molecular complexity index is 648. The van der Waals surface area contributed by atoms with Gasteiger partial charge in [0, 0.05) is 41.8 Å². The minimum absolute atomic E-state index is 0.310. The minimum Gasteiger partial charge on any atom is -0.489 e. The van der Waals surface area contributed by atoms with Gasteiger partial charge in [-0.15, -0.1) is 0 Å². The molecule has 6 heteroatoms. The first-order chi connectivity index (χ1) is 12.0. The first-order valence-electron chi connectivity index (χ1n) is 8.30. The Kier molecular flexibility index (Phi) is 8.52. The number of nitrogens with one attached hydrogen (secondary N) is 2. The Morgan fingerprint density at radius 3 is 2.44 bits per heavy atom. The van der Waals surface area contributed by atoms with E-state index >= 15 is 0 Å². The molecule has 0 aliphatic heterocycles. The second kappa shape index (κ2) is 10.6. The summed E-state index contributed by atoms with van der Waals surface area (Å²) in [5, 5.41) is 16.9. The lowest BCUT2D eigenvalue weighted by molar-refractivity contribution is 0.191. The number of rotatable bonds is 10. The maximum Gasteiger partial charge on any atom is 0.119 e. The summed E-state index contributed by atoms with van der Waals surface area (Å²) in [6, 6.07) is 13.4. The zero-order valence-corrected chi connectivity index (χ0v) is 15.8. The van der Waals surface area contributed by atoms with Crippen molar-refractivity contribution in [2.24, 2.45) is 0 Å². The molecule has 0 saturated heterocycles. The highest BCUT2D eigenvalue weighted by molar-refractivity contribution is 6.35. The maximum absolute atomic E-state index is 9.15. The summed E-state index contributed by atoms with van der Waals surface area (Å²) in [6.45, 7) is 5.26. The molecule has 0 heterocycles. The summed E-state index contributed by atoms with van der Waals surface area (Å²) in [7, 11) is 0. The van der Waals surface area contributed by atoms with Gasteiger partial charge in [-0.3, -0.25) is 0 Å². The Morgan fingerprint density at radius 1 is 1.04 bits per heavy atom. The van der Waals surface area contributed by atoms with Crippen LogP contribution >= 0.6 is 23.2 Å². The third-order valence-corrected chi connectivity index (χ3v) is 4.17. The molecule has 4 nitrogen and oxygen atoms in total. The molecule has 25 heavy (non-hydrogen) atoms. The monoisotopic (exact) mass is 382 g/mol. The van der Waals surface area contributed by atoms with Gasteiger partial charge in [0.2, 0.25) is 0 Å². The summed E-state index contributed by atoms with van der Waals surface area (Å²) in [5.74, 6) is 0.799. The molecule has 0 bridgehead atoms. The fraction of sp³-hybridized carbons (Fsp3) is 0.368. The lowest BCUT2D eigenvalue weighted by Crippen LogP contribution is -2.31. The Morgan fingerprint density at radius 2 is 1.76 bits per heavy atom. The first-order valence-corrected chi connectivity index (χ1v) is 9.05. The van der Waals surface area contributed by atoms with Gasteiger partial charge in [-0.2, -0.15) is 0 Å². The summed E-state index contributed by atoms with van der Waals surface area (Å²) in [5.41, 5.74) is 2.09. The van der Waals surface area contributed by atoms with Gasteiger partial charge < -0.3 is 20.5 Å². The van der Waals surface area contributed by atoms with E-state index in [9.17, 15) is 0 Å². The lowest BCUT2D eigenvalue weighted by atomic mass is 10.2. The van der Waals surface area contributed by atoms with Crippen LogP contribution in [0.4, 0.5) is 0 Å². The largest absolute Gasteiger partial charge is 0.489 e. The molecule has 2 aromatic rings. The van der Waals surface area contributed by atoms with E-state index in [-0.39, 0.29) is 6.10 Å². The quantitative estimate of drug-likeness (QED) is 0.549. The second-order valence-electron chi connectivity index (χ2n) is 5.90. The topological polar surface area (TPSA) is 53.5 Å². The molecule has 3 N–H and O–H groups in total. The van der Waals surface area contributed by atoms with Gasteiger partial charge in [-0.25, -0.2) is 0 Å². The highest BCUT2D eigenvalue weighted by atomic mass is 35.5. The predicted molar refractivity (Wildman–Crippen MR) is 103 cm³/mol. The molecule has 1 atom stereocenters. The van der Waals surface area contributed by atoms with Crippen molar-refractivity contribution in [3.8, 4) is 5.75 Å². The lowest BCUT2D eigenvalue weighted by Gasteiger charge is -2.10. The standard InChI is InChI=1S/C19H24Cl2N2O2/c1-14(24)11-22-8-9-23-12-15-2-6-18(7-3-15)25-13-16-4-5-17(20)10-19(16)21/h2-7,10,14,22-24H,8-9,11-13H2,1H3. The van der Waals surface area contributed by atoms with Crippen LogP contribution in [0.3, 0.4) is 0 Å². The van der Waals surface area contributed by atoms with Crippen molar-refractivity contribution < 1.29 is 9.84 Å². The highest BCUT2D eigenvalue weighted by Crippen LogP contribution is 2.22. The van der Waals surface area contributed by atoms with Gasteiger partial charge in [0.15, 0.2) is 0 Å². The van der Waals surface area contributed by atoms with Gasteiger partial charge in [0.25, 0.3) is 0 Å². The molecule has 0 saturated carbocycles. The van der Waals surface area contributed by atoms with Crippen LogP contribution in [0.5, 0.6) is 5.75 Å². The smallest absolute Gasteiger partial charge is 0.119 e. The number of aliphatic hydroxyl groups excluding tert-OH is 1. The van der Waals surface area contributed by atoms with E-state index in [1.165, 1.54) is 5.56 Å². The number of hydrogen-bond acceptors (Lipinski definition) is 4. The number of hydrogen-bond donors (Lipinski definition) is 3. The SMILES string of the molecule is CC(O)CNCCNCc1ccc(OCc2ccc(Cl)cc2Cl)cc1. The van der Waals surface area contributed by atoms with E-state index in [1.807, 2.05) is 30.3 Å². The van der Waals surface area contributed by atoms with Crippen LogP contribution in [0.2, 0.25) is 10.0 Å². The number of benzene rings is 2. The fourth-order valence-electron chi connectivity index (χ4n) is 2.22. The highest BCUT2D eigenvalue weighted by Gasteiger charge is 2.03. The third-order valence-electron chi connectivity index (χ3n) is 3.58. The molecule has 2 rings (SSSR count). The number of aliphatic hydroxyl groups is 1. The van der Waals surface area contributed by atoms with E-state index in [0.29, 0.717) is 23.2 Å². The van der Waals surface area contributed by atoms with Gasteiger partial charge in [0.1, 0.15) is 12.4 Å². The van der Waals surface area contributed by atoms with Crippen molar-refractivity contribution in [1.29, 1.82) is 0 Å². The molecule has 1 unspecified atom stereocenters. The van der Waals surface area contributed by atoms with E-state index in [0.717, 1.165) is 30.9 Å². The van der Waals surface area contributed by atoms with Crippen LogP contribution < -0.4 is 15.4 Å². The third kappa shape index (κ3) is 7.63. The summed E-state index contributed by atoms with van der Waals surface area (Å²) in [4.78, 5) is 0. The van der Waals surface area contributed by atoms with Gasteiger partial charge in [0.05, 0.1) is 6.10 Å². The average Bonchev–Trinajstić information content (AvgIpc) is 2.58. The minimum atomic E-state index is -0.310. The molecular weight excluding hydrogens is 359 g/mol. The molecular formula is C19H24Cl2N2O2. The Labute approximate surface area is 159 Å². The Hall–Kier alpha value is -1.30. The van der Waals surface area contributed by atoms with E-state index < -0.39 is 0 Å². The summed E-state index contributed by atoms with van der Waals surface area (Å²) < 4.78 is 5.77. The molecule has 136 valence electrons. The van der Waals surface area contributed by atoms with Gasteiger partial charge in [-0.1, -0.05) is 41.4 Å². The molecule has 0 aliphatic rings. The summed E-state index contributed by atoms with van der Waals surface area (Å²) >= 11 is 12.0. The van der Waals surface area contributed by atoms with Gasteiger partial charge in [-0.05, 0) is 36.8 Å². The normalized spacial score (nSPS) is 12.2. The molecule has 0 spiro atoms. The van der Waals surface area contributed by atoms with Crippen LogP contribution in [0.25, 0.3) is 0 Å². The molecule has 0 radical (unpaired) electrons. The van der Waals surface area contributed by atoms with Crippen molar-refractivity contribution in [3.63, 3.8) is 0 Å². The predicted octanol–water partition coefficient (Wildman–Crippen LogP) is 3.63. The molecule has 2 aromatic carbocycles. The molecule has 0 aromatic heterocycles. The first kappa shape index (κ1) is 20.0. The van der Waals surface area contributed by atoms with E-state index in [4.69, 9.17) is 33.0 Å². The maximum atomic E-state index is 9.15. The average molecular weight is 383 g/mol. The van der Waals surface area contributed by atoms with Crippen molar-refractivity contribution >= 4 is 23.2 Å². The van der Waals surface area contributed by atoms with E-state index in [2.05, 4.69) is 10.6 Å². The zero-order valence-electron chi connectivity index (χ0n) is 14.3. The second-order valence-corrected chi connectivity index (χ2v) is 6.74. The van der Waals surface area contributed by atoms with Crippen LogP contribution in [-0.2, 0) is 13.2 Å². The van der Waals surface area contributed by atoms with Crippen molar-refractivity contribution in [1.82, 2.24) is 10.6 Å². The van der Waals surface area contributed by atoms with Crippen molar-refractivity contribution in [2.45, 2.75) is 26.2 Å². The van der Waals surface area contributed by atoms with Crippen LogP contribution in [0.15, 0.2) is 42.5 Å². The zero-order chi connectivity index (χ0) is 18.1. The van der Waals surface area contributed by atoms with Crippen LogP contribution in [-0.4, -0.2) is 30.8 Å². The Balaban J connectivity index is 1.70. The van der Waals surface area contributed by atoms with Gasteiger partial charge >= 0.3 is 0 Å². The van der Waals surface area contributed by atoms with Crippen molar-refractivity contribution in [2.75, 3.05) is 19.6 Å². The van der Waals surface area contributed by atoms with Crippen LogP contribution in [0, 0.1) is 0 Å². The summed E-state index contributed by atoms with van der Waals surface area (Å²) in [6.07, 6.45) is -0.310. The van der Waals surface area contributed by atoms with E-state index in [1.54, 1.807) is 19.1 Å². The molecule has 0 amide bonds. The van der Waals surface area contributed by atoms with Crippen LogP contribution in [0.1, 0.15) is 18.1 Å². The molecule has 0 fully saturated rings. The number of ether oxygens (including phenoxy) is 1.